The van der Waals surface area contributed by atoms with Gasteiger partial charge in [-0.2, -0.15) is 0 Å². The summed E-state index contributed by atoms with van der Waals surface area (Å²) in [5, 5.41) is 0.742. The molecule has 120 valence electrons. The van der Waals surface area contributed by atoms with Gasteiger partial charge in [-0.05, 0) is 32.8 Å². The minimum atomic E-state index is -0.0194. The Morgan fingerprint density at radius 3 is 3.00 bits per heavy atom. The summed E-state index contributed by atoms with van der Waals surface area (Å²) >= 11 is 1.60. The van der Waals surface area contributed by atoms with Gasteiger partial charge in [-0.3, -0.25) is 9.69 Å². The number of aromatic amines is 1. The van der Waals surface area contributed by atoms with Gasteiger partial charge < -0.3 is 9.72 Å². The zero-order chi connectivity index (χ0) is 15.9. The van der Waals surface area contributed by atoms with Gasteiger partial charge in [-0.1, -0.05) is 6.92 Å². The predicted molar refractivity (Wildman–Crippen MR) is 89.7 cm³/mol. The van der Waals surface area contributed by atoms with Crippen molar-refractivity contribution in [3.8, 4) is 0 Å². The standard InChI is InChI=1S/C16H23N3O2S/c1-5-12-8-19(6-7-21-12)10(3)14-17-15(20)13-9(2)11(4)22-16(13)18-14/h10,12H,5-8H2,1-4H3,(H,17,18,20)/t10-,12+/m0/s1. The third-order valence-electron chi connectivity index (χ3n) is 4.63. The molecule has 1 saturated heterocycles. The summed E-state index contributed by atoms with van der Waals surface area (Å²) in [6.07, 6.45) is 1.29. The fourth-order valence-corrected chi connectivity index (χ4v) is 4.02. The van der Waals surface area contributed by atoms with Crippen LogP contribution in [0.4, 0.5) is 0 Å². The van der Waals surface area contributed by atoms with Crippen LogP contribution in [-0.4, -0.2) is 40.7 Å². The molecule has 0 aliphatic carbocycles. The van der Waals surface area contributed by atoms with Crippen LogP contribution in [0.15, 0.2) is 4.79 Å². The summed E-state index contributed by atoms with van der Waals surface area (Å²) in [5.41, 5.74) is 1.03. The Hall–Kier alpha value is -1.24. The van der Waals surface area contributed by atoms with Crippen molar-refractivity contribution in [3.63, 3.8) is 0 Å². The first-order chi connectivity index (χ1) is 10.5. The average molecular weight is 321 g/mol. The van der Waals surface area contributed by atoms with Gasteiger partial charge in [0.05, 0.1) is 24.1 Å². The van der Waals surface area contributed by atoms with Crippen LogP contribution in [0, 0.1) is 13.8 Å². The third-order valence-corrected chi connectivity index (χ3v) is 5.73. The largest absolute Gasteiger partial charge is 0.376 e. The van der Waals surface area contributed by atoms with Crippen molar-refractivity contribution in [2.45, 2.75) is 46.3 Å². The van der Waals surface area contributed by atoms with E-state index < -0.39 is 0 Å². The number of rotatable bonds is 3. The Balaban J connectivity index is 1.94. The fourth-order valence-electron chi connectivity index (χ4n) is 2.98. The number of ether oxygens (including phenoxy) is 1. The van der Waals surface area contributed by atoms with E-state index in [0.29, 0.717) is 0 Å². The molecule has 1 aliphatic heterocycles. The molecule has 6 heteroatoms. The van der Waals surface area contributed by atoms with Crippen molar-refractivity contribution in [1.82, 2.24) is 14.9 Å². The second kappa shape index (κ2) is 6.10. The number of fused-ring (bicyclic) bond motifs is 1. The summed E-state index contributed by atoms with van der Waals surface area (Å²) in [6, 6.07) is 0.0952. The molecule has 1 aliphatic rings. The first-order valence-corrected chi connectivity index (χ1v) is 8.68. The summed E-state index contributed by atoms with van der Waals surface area (Å²) in [5.74, 6) is 0.760. The molecule has 0 saturated carbocycles. The quantitative estimate of drug-likeness (QED) is 0.944. The molecule has 0 spiro atoms. The van der Waals surface area contributed by atoms with Crippen LogP contribution < -0.4 is 5.56 Å². The second-order valence-corrected chi connectivity index (χ2v) is 7.19. The van der Waals surface area contributed by atoms with Crippen LogP contribution in [0.5, 0.6) is 0 Å². The van der Waals surface area contributed by atoms with E-state index in [2.05, 4.69) is 23.7 Å². The maximum absolute atomic E-state index is 12.4. The number of nitrogens with zero attached hydrogens (tertiary/aromatic N) is 2. The van der Waals surface area contributed by atoms with Crippen LogP contribution in [0.3, 0.4) is 0 Å². The minimum Gasteiger partial charge on any atom is -0.376 e. The van der Waals surface area contributed by atoms with E-state index in [1.807, 2.05) is 13.8 Å². The SMILES string of the molecule is CC[C@@H]1CN([C@@H](C)c2nc3sc(C)c(C)c3c(=O)[nH]2)CCO1. The van der Waals surface area contributed by atoms with Crippen molar-refractivity contribution in [2.24, 2.45) is 0 Å². The molecule has 3 heterocycles. The molecule has 2 aromatic heterocycles. The Bertz CT molecular complexity index is 737. The lowest BCUT2D eigenvalue weighted by Crippen LogP contribution is -2.43. The molecule has 5 nitrogen and oxygen atoms in total. The zero-order valence-corrected chi connectivity index (χ0v) is 14.4. The second-order valence-electron chi connectivity index (χ2n) is 5.99. The number of aryl methyl sites for hydroxylation is 2. The molecule has 0 amide bonds. The highest BCUT2D eigenvalue weighted by Crippen LogP contribution is 2.28. The Labute approximate surface area is 134 Å². The number of aromatic nitrogens is 2. The normalized spacial score (nSPS) is 21.4. The maximum Gasteiger partial charge on any atom is 0.259 e. The van der Waals surface area contributed by atoms with Gasteiger partial charge in [0.25, 0.3) is 5.56 Å². The van der Waals surface area contributed by atoms with E-state index in [1.54, 1.807) is 11.3 Å². The van der Waals surface area contributed by atoms with Crippen LogP contribution in [-0.2, 0) is 4.74 Å². The minimum absolute atomic E-state index is 0.0194. The molecule has 2 atom stereocenters. The van der Waals surface area contributed by atoms with Gasteiger partial charge in [0.1, 0.15) is 10.7 Å². The molecule has 22 heavy (non-hydrogen) atoms. The Morgan fingerprint density at radius 2 is 2.27 bits per heavy atom. The molecule has 0 bridgehead atoms. The van der Waals surface area contributed by atoms with Crippen LogP contribution >= 0.6 is 11.3 Å². The molecular formula is C16H23N3O2S. The fraction of sp³-hybridized carbons (Fsp3) is 0.625. The number of morpholine rings is 1. The van der Waals surface area contributed by atoms with Crippen LogP contribution in [0.1, 0.15) is 42.6 Å². The Morgan fingerprint density at radius 1 is 1.50 bits per heavy atom. The van der Waals surface area contributed by atoms with E-state index in [9.17, 15) is 4.79 Å². The van der Waals surface area contributed by atoms with E-state index in [1.165, 1.54) is 0 Å². The van der Waals surface area contributed by atoms with Crippen molar-refractivity contribution >= 4 is 21.6 Å². The summed E-state index contributed by atoms with van der Waals surface area (Å²) < 4.78 is 5.72. The molecule has 3 rings (SSSR count). The number of thiophene rings is 1. The lowest BCUT2D eigenvalue weighted by Gasteiger charge is -2.36. The first kappa shape index (κ1) is 15.6. The van der Waals surface area contributed by atoms with E-state index in [-0.39, 0.29) is 17.7 Å². The highest BCUT2D eigenvalue weighted by atomic mass is 32.1. The van der Waals surface area contributed by atoms with Crippen LogP contribution in [0.2, 0.25) is 0 Å². The van der Waals surface area contributed by atoms with Crippen molar-refractivity contribution < 1.29 is 4.74 Å². The van der Waals surface area contributed by atoms with E-state index >= 15 is 0 Å². The molecule has 1 N–H and O–H groups in total. The zero-order valence-electron chi connectivity index (χ0n) is 13.6. The summed E-state index contributed by atoms with van der Waals surface area (Å²) in [6.45, 7) is 10.8. The van der Waals surface area contributed by atoms with Gasteiger partial charge >= 0.3 is 0 Å². The lowest BCUT2D eigenvalue weighted by molar-refractivity contribution is -0.0435. The third kappa shape index (κ3) is 2.71. The molecule has 0 unspecified atom stereocenters. The predicted octanol–water partition coefficient (Wildman–Crippen LogP) is 2.77. The smallest absolute Gasteiger partial charge is 0.259 e. The summed E-state index contributed by atoms with van der Waals surface area (Å²) in [7, 11) is 0. The lowest BCUT2D eigenvalue weighted by atomic mass is 10.1. The number of hydrogen-bond donors (Lipinski definition) is 1. The maximum atomic E-state index is 12.4. The van der Waals surface area contributed by atoms with E-state index in [0.717, 1.165) is 52.6 Å². The van der Waals surface area contributed by atoms with Gasteiger partial charge in [-0.15, -0.1) is 11.3 Å². The molecule has 0 radical (unpaired) electrons. The number of H-pyrrole nitrogens is 1. The van der Waals surface area contributed by atoms with Gasteiger partial charge in [0.15, 0.2) is 0 Å². The highest BCUT2D eigenvalue weighted by molar-refractivity contribution is 7.18. The highest BCUT2D eigenvalue weighted by Gasteiger charge is 2.26. The average Bonchev–Trinajstić information content (AvgIpc) is 2.81. The number of nitrogens with one attached hydrogen (secondary N) is 1. The molecule has 2 aromatic rings. The molecule has 1 fully saturated rings. The van der Waals surface area contributed by atoms with Crippen LogP contribution in [0.25, 0.3) is 10.2 Å². The van der Waals surface area contributed by atoms with Gasteiger partial charge in [0.2, 0.25) is 0 Å². The van der Waals surface area contributed by atoms with E-state index in [4.69, 9.17) is 9.72 Å². The summed E-state index contributed by atoms with van der Waals surface area (Å²) in [4.78, 5) is 24.5. The number of hydrogen-bond acceptors (Lipinski definition) is 5. The van der Waals surface area contributed by atoms with Crippen molar-refractivity contribution in [1.29, 1.82) is 0 Å². The monoisotopic (exact) mass is 321 g/mol. The van der Waals surface area contributed by atoms with Crippen molar-refractivity contribution in [2.75, 3.05) is 19.7 Å². The van der Waals surface area contributed by atoms with Crippen molar-refractivity contribution in [3.05, 3.63) is 26.6 Å². The topological polar surface area (TPSA) is 58.2 Å². The Kier molecular flexibility index (Phi) is 4.34. The molecule has 0 aromatic carbocycles. The van der Waals surface area contributed by atoms with Gasteiger partial charge in [-0.25, -0.2) is 4.98 Å². The molecular weight excluding hydrogens is 298 g/mol. The van der Waals surface area contributed by atoms with Gasteiger partial charge in [0, 0.05) is 18.0 Å². The first-order valence-electron chi connectivity index (χ1n) is 7.86.